The molecule has 0 amide bonds. The van der Waals surface area contributed by atoms with Crippen molar-refractivity contribution < 1.29 is 19.0 Å². The van der Waals surface area contributed by atoms with Crippen molar-refractivity contribution in [3.8, 4) is 17.2 Å². The summed E-state index contributed by atoms with van der Waals surface area (Å²) in [6.45, 7) is 0. The lowest BCUT2D eigenvalue weighted by molar-refractivity contribution is 0.0962. The van der Waals surface area contributed by atoms with E-state index in [-0.39, 0.29) is 11.7 Å². The molecule has 0 saturated carbocycles. The average molecular weight is 405 g/mol. The molecule has 1 aromatic heterocycles. The zero-order chi connectivity index (χ0) is 21.1. The van der Waals surface area contributed by atoms with Gasteiger partial charge in [0.1, 0.15) is 0 Å². The zero-order valence-electron chi connectivity index (χ0n) is 17.1. The number of rotatable bonds is 6. The van der Waals surface area contributed by atoms with Crippen LogP contribution in [0.2, 0.25) is 0 Å². The average Bonchev–Trinajstić information content (AvgIpc) is 2.78. The Labute approximate surface area is 175 Å². The largest absolute Gasteiger partial charge is 0.493 e. The van der Waals surface area contributed by atoms with Gasteiger partial charge in [-0.05, 0) is 42.2 Å². The van der Waals surface area contributed by atoms with Gasteiger partial charge in [-0.3, -0.25) is 4.79 Å². The summed E-state index contributed by atoms with van der Waals surface area (Å²) in [5, 5.41) is 3.18. The lowest BCUT2D eigenvalue weighted by atomic mass is 9.82. The number of ether oxygens (including phenoxy) is 3. The van der Waals surface area contributed by atoms with Crippen molar-refractivity contribution in [3.05, 3.63) is 65.5 Å². The second-order valence-electron chi connectivity index (χ2n) is 7.03. The van der Waals surface area contributed by atoms with Gasteiger partial charge in [0.2, 0.25) is 11.7 Å². The van der Waals surface area contributed by atoms with Crippen LogP contribution in [0.3, 0.4) is 0 Å². The SMILES string of the molecule is COc1cc([C@H]2CC(=O)c3cnc(Nc4ccccc4)nc3C2)cc(OC)c1OC. The Morgan fingerprint density at radius 2 is 1.67 bits per heavy atom. The zero-order valence-corrected chi connectivity index (χ0v) is 17.1. The Hall–Kier alpha value is -3.61. The predicted octanol–water partition coefficient (Wildman–Crippen LogP) is 4.16. The number of hydrogen-bond acceptors (Lipinski definition) is 7. The second kappa shape index (κ2) is 8.41. The maximum Gasteiger partial charge on any atom is 0.227 e. The van der Waals surface area contributed by atoms with Crippen molar-refractivity contribution in [2.75, 3.05) is 26.6 Å². The molecule has 1 heterocycles. The molecule has 0 unspecified atom stereocenters. The first-order valence-corrected chi connectivity index (χ1v) is 9.64. The molecule has 1 aliphatic carbocycles. The van der Waals surface area contributed by atoms with Crippen LogP contribution in [0.4, 0.5) is 11.6 Å². The Bertz CT molecular complexity index is 1040. The summed E-state index contributed by atoms with van der Waals surface area (Å²) in [4.78, 5) is 21.7. The third kappa shape index (κ3) is 3.78. The van der Waals surface area contributed by atoms with Crippen LogP contribution < -0.4 is 19.5 Å². The number of nitrogens with one attached hydrogen (secondary N) is 1. The van der Waals surface area contributed by atoms with Crippen LogP contribution in [0.1, 0.15) is 34.0 Å². The van der Waals surface area contributed by atoms with Crippen molar-refractivity contribution in [2.45, 2.75) is 18.8 Å². The highest BCUT2D eigenvalue weighted by Gasteiger charge is 2.29. The van der Waals surface area contributed by atoms with E-state index < -0.39 is 0 Å². The van der Waals surface area contributed by atoms with E-state index in [0.717, 1.165) is 16.9 Å². The smallest absolute Gasteiger partial charge is 0.227 e. The molecule has 0 saturated heterocycles. The molecule has 1 aliphatic rings. The van der Waals surface area contributed by atoms with E-state index in [0.29, 0.717) is 41.6 Å². The summed E-state index contributed by atoms with van der Waals surface area (Å²) in [6.07, 6.45) is 2.60. The van der Waals surface area contributed by atoms with E-state index in [2.05, 4.69) is 15.3 Å². The number of carbonyl (C=O) groups is 1. The molecule has 154 valence electrons. The minimum absolute atomic E-state index is 0.0289. The monoisotopic (exact) mass is 405 g/mol. The van der Waals surface area contributed by atoms with Crippen LogP contribution in [-0.4, -0.2) is 37.1 Å². The first kappa shape index (κ1) is 19.7. The Morgan fingerprint density at radius 1 is 0.967 bits per heavy atom. The molecule has 0 spiro atoms. The van der Waals surface area contributed by atoms with Gasteiger partial charge in [-0.1, -0.05) is 18.2 Å². The standard InChI is InChI=1S/C23H23N3O4/c1-28-20-11-15(12-21(29-2)22(20)30-3)14-9-18-17(19(27)10-14)13-24-23(26-18)25-16-7-5-4-6-8-16/h4-8,11-14H,9-10H2,1-3H3,(H,24,25,26)/t14-/m1/s1. The maximum atomic E-state index is 12.8. The number of nitrogens with zero attached hydrogens (tertiary/aromatic N) is 2. The van der Waals surface area contributed by atoms with Gasteiger partial charge < -0.3 is 19.5 Å². The summed E-state index contributed by atoms with van der Waals surface area (Å²) in [7, 11) is 4.73. The van der Waals surface area contributed by atoms with Gasteiger partial charge in [-0.15, -0.1) is 0 Å². The Kier molecular flexibility index (Phi) is 5.52. The number of Topliss-reactive ketones (excluding diaryl/α,β-unsaturated/α-hetero) is 1. The molecule has 7 nitrogen and oxygen atoms in total. The van der Waals surface area contributed by atoms with Crippen LogP contribution in [-0.2, 0) is 6.42 Å². The molecule has 0 radical (unpaired) electrons. The van der Waals surface area contributed by atoms with Crippen molar-refractivity contribution in [1.82, 2.24) is 9.97 Å². The number of benzene rings is 2. The summed E-state index contributed by atoms with van der Waals surface area (Å²) < 4.78 is 16.3. The number of aromatic nitrogens is 2. The van der Waals surface area contributed by atoms with E-state index >= 15 is 0 Å². The minimum Gasteiger partial charge on any atom is -0.493 e. The maximum absolute atomic E-state index is 12.8. The normalized spacial score (nSPS) is 15.3. The van der Waals surface area contributed by atoms with Crippen molar-refractivity contribution in [3.63, 3.8) is 0 Å². The van der Waals surface area contributed by atoms with E-state index in [1.807, 2.05) is 42.5 Å². The van der Waals surface area contributed by atoms with Crippen LogP contribution in [0.25, 0.3) is 0 Å². The quantitative estimate of drug-likeness (QED) is 0.659. The number of carbonyl (C=O) groups excluding carboxylic acids is 1. The van der Waals surface area contributed by atoms with Gasteiger partial charge in [-0.2, -0.15) is 0 Å². The predicted molar refractivity (Wildman–Crippen MR) is 113 cm³/mol. The van der Waals surface area contributed by atoms with Gasteiger partial charge in [0.05, 0.1) is 32.6 Å². The molecule has 7 heteroatoms. The third-order valence-electron chi connectivity index (χ3n) is 5.23. The highest BCUT2D eigenvalue weighted by Crippen LogP contribution is 2.42. The minimum atomic E-state index is -0.0434. The third-order valence-corrected chi connectivity index (χ3v) is 5.23. The summed E-state index contributed by atoms with van der Waals surface area (Å²) in [5.74, 6) is 2.12. The van der Waals surface area contributed by atoms with Crippen LogP contribution in [0.5, 0.6) is 17.2 Å². The van der Waals surface area contributed by atoms with E-state index in [1.165, 1.54) is 0 Å². The lowest BCUT2D eigenvalue weighted by Crippen LogP contribution is -2.21. The number of para-hydroxylation sites is 1. The van der Waals surface area contributed by atoms with Gasteiger partial charge in [-0.25, -0.2) is 9.97 Å². The van der Waals surface area contributed by atoms with Crippen LogP contribution in [0, 0.1) is 0 Å². The molecule has 0 aliphatic heterocycles. The molecule has 4 rings (SSSR count). The number of hydrogen-bond donors (Lipinski definition) is 1. The first-order chi connectivity index (χ1) is 14.6. The number of methoxy groups -OCH3 is 3. The first-order valence-electron chi connectivity index (χ1n) is 9.64. The van der Waals surface area contributed by atoms with Crippen molar-refractivity contribution in [2.24, 2.45) is 0 Å². The van der Waals surface area contributed by atoms with Gasteiger partial charge in [0, 0.05) is 18.3 Å². The van der Waals surface area contributed by atoms with Crippen molar-refractivity contribution in [1.29, 1.82) is 0 Å². The topological polar surface area (TPSA) is 82.6 Å². The fourth-order valence-electron chi connectivity index (χ4n) is 3.73. The molecule has 30 heavy (non-hydrogen) atoms. The number of anilines is 2. The summed E-state index contributed by atoms with van der Waals surface area (Å²) in [5.41, 5.74) is 3.15. The fourth-order valence-corrected chi connectivity index (χ4v) is 3.73. The van der Waals surface area contributed by atoms with E-state index in [9.17, 15) is 4.79 Å². The van der Waals surface area contributed by atoms with Crippen molar-refractivity contribution >= 4 is 17.4 Å². The lowest BCUT2D eigenvalue weighted by Gasteiger charge is -2.24. The van der Waals surface area contributed by atoms with Gasteiger partial charge in [0.15, 0.2) is 17.3 Å². The van der Waals surface area contributed by atoms with Crippen LogP contribution >= 0.6 is 0 Å². The van der Waals surface area contributed by atoms with Crippen LogP contribution in [0.15, 0.2) is 48.7 Å². The van der Waals surface area contributed by atoms with E-state index in [4.69, 9.17) is 14.2 Å². The molecule has 0 fully saturated rings. The molecule has 3 aromatic rings. The number of ketones is 1. The molecular weight excluding hydrogens is 382 g/mol. The molecule has 1 atom stereocenters. The van der Waals surface area contributed by atoms with E-state index in [1.54, 1.807) is 27.5 Å². The molecular formula is C23H23N3O4. The molecule has 0 bridgehead atoms. The fraction of sp³-hybridized carbons (Fsp3) is 0.261. The number of fused-ring (bicyclic) bond motifs is 1. The highest BCUT2D eigenvalue weighted by atomic mass is 16.5. The Morgan fingerprint density at radius 3 is 2.30 bits per heavy atom. The second-order valence-corrected chi connectivity index (χ2v) is 7.03. The Balaban J connectivity index is 1.65. The molecule has 1 N–H and O–H groups in total. The summed E-state index contributed by atoms with van der Waals surface area (Å²) >= 11 is 0. The summed E-state index contributed by atoms with van der Waals surface area (Å²) in [6, 6.07) is 13.5. The van der Waals surface area contributed by atoms with Gasteiger partial charge in [0.25, 0.3) is 0 Å². The van der Waals surface area contributed by atoms with Gasteiger partial charge >= 0.3 is 0 Å². The highest BCUT2D eigenvalue weighted by molar-refractivity contribution is 5.98. The molecule has 2 aromatic carbocycles.